The van der Waals surface area contributed by atoms with Crippen LogP contribution >= 0.6 is 0 Å². The van der Waals surface area contributed by atoms with Crippen molar-refractivity contribution in [1.82, 2.24) is 5.32 Å². The first-order valence-corrected chi connectivity index (χ1v) is 9.21. The van der Waals surface area contributed by atoms with Gasteiger partial charge in [0.15, 0.2) is 0 Å². The zero-order valence-electron chi connectivity index (χ0n) is 16.2. The molecule has 1 aliphatic rings. The maximum Gasteiger partial charge on any atom is 0.384 e. The Morgan fingerprint density at radius 3 is 2.14 bits per heavy atom. The Bertz CT molecular complexity index is 893. The number of benzene rings is 2. The van der Waals surface area contributed by atoms with Crippen molar-refractivity contribution in [3.8, 4) is 23.0 Å². The molecule has 0 spiro atoms. The van der Waals surface area contributed by atoms with Crippen molar-refractivity contribution < 1.29 is 19.1 Å². The third kappa shape index (κ3) is 4.24. The molecule has 0 aliphatic heterocycles. The SMILES string of the molecule is COC(=O)C#CC(NCC(=O)OC(C)C)C1c2ccccc2-c2ccccc21. The summed E-state index contributed by atoms with van der Waals surface area (Å²) in [6.45, 7) is 3.60. The molecule has 2 aromatic carbocycles. The van der Waals surface area contributed by atoms with Crippen molar-refractivity contribution in [3.63, 3.8) is 0 Å². The van der Waals surface area contributed by atoms with Crippen LogP contribution in [-0.2, 0) is 19.1 Å². The molecule has 0 saturated carbocycles. The maximum absolute atomic E-state index is 12.0. The molecule has 5 heteroatoms. The number of hydrogen-bond acceptors (Lipinski definition) is 5. The molecule has 1 aliphatic carbocycles. The number of carbonyl (C=O) groups excluding carboxylic acids is 2. The van der Waals surface area contributed by atoms with Gasteiger partial charge in [0.25, 0.3) is 0 Å². The van der Waals surface area contributed by atoms with Gasteiger partial charge in [0.05, 0.1) is 25.8 Å². The van der Waals surface area contributed by atoms with Crippen molar-refractivity contribution in [1.29, 1.82) is 0 Å². The van der Waals surface area contributed by atoms with Crippen LogP contribution in [0, 0.1) is 11.8 Å². The molecule has 144 valence electrons. The molecule has 0 radical (unpaired) electrons. The van der Waals surface area contributed by atoms with Crippen LogP contribution in [0.3, 0.4) is 0 Å². The van der Waals surface area contributed by atoms with E-state index in [4.69, 9.17) is 4.74 Å². The van der Waals surface area contributed by atoms with Gasteiger partial charge in [0.2, 0.25) is 0 Å². The van der Waals surface area contributed by atoms with Crippen molar-refractivity contribution in [3.05, 3.63) is 59.7 Å². The Hall–Kier alpha value is -3.10. The molecule has 1 unspecified atom stereocenters. The van der Waals surface area contributed by atoms with Crippen LogP contribution in [0.4, 0.5) is 0 Å². The smallest absolute Gasteiger partial charge is 0.384 e. The Labute approximate surface area is 165 Å². The van der Waals surface area contributed by atoms with E-state index in [0.29, 0.717) is 0 Å². The van der Waals surface area contributed by atoms with Gasteiger partial charge in [-0.05, 0) is 36.1 Å². The standard InChI is InChI=1S/C23H23NO4/c1-15(2)28-22(26)14-24-20(12-13-21(25)27-3)23-18-10-6-4-8-16(18)17-9-5-7-11-19(17)23/h4-11,15,20,23-24H,14H2,1-3H3. The average Bonchev–Trinajstić information content (AvgIpc) is 3.02. The summed E-state index contributed by atoms with van der Waals surface area (Å²) in [7, 11) is 1.29. The summed E-state index contributed by atoms with van der Waals surface area (Å²) < 4.78 is 9.86. The quantitative estimate of drug-likeness (QED) is 0.493. The van der Waals surface area contributed by atoms with E-state index in [1.54, 1.807) is 13.8 Å². The Kier molecular flexibility index (Phi) is 6.13. The average molecular weight is 377 g/mol. The van der Waals surface area contributed by atoms with E-state index in [0.717, 1.165) is 22.3 Å². The van der Waals surface area contributed by atoms with Crippen molar-refractivity contribution in [2.24, 2.45) is 0 Å². The number of hydrogen-bond donors (Lipinski definition) is 1. The minimum Gasteiger partial charge on any atom is -0.462 e. The number of carbonyl (C=O) groups is 2. The Morgan fingerprint density at radius 2 is 1.61 bits per heavy atom. The molecule has 1 N–H and O–H groups in total. The molecule has 0 fully saturated rings. The third-order valence-electron chi connectivity index (χ3n) is 4.56. The lowest BCUT2D eigenvalue weighted by Crippen LogP contribution is -2.38. The molecule has 28 heavy (non-hydrogen) atoms. The molecule has 0 saturated heterocycles. The van der Waals surface area contributed by atoms with E-state index in [1.807, 2.05) is 24.3 Å². The highest BCUT2D eigenvalue weighted by molar-refractivity contribution is 5.88. The lowest BCUT2D eigenvalue weighted by atomic mass is 9.89. The largest absolute Gasteiger partial charge is 0.462 e. The highest BCUT2D eigenvalue weighted by Crippen LogP contribution is 2.45. The first-order chi connectivity index (χ1) is 13.5. The maximum atomic E-state index is 12.0. The van der Waals surface area contributed by atoms with Crippen LogP contribution in [0.2, 0.25) is 0 Å². The van der Waals surface area contributed by atoms with Gasteiger partial charge >= 0.3 is 11.9 Å². The summed E-state index contributed by atoms with van der Waals surface area (Å²) in [4.78, 5) is 23.6. The minimum atomic E-state index is -0.615. The van der Waals surface area contributed by atoms with E-state index >= 15 is 0 Å². The molecular formula is C23H23NO4. The molecule has 0 aromatic heterocycles. The van der Waals surface area contributed by atoms with Gasteiger partial charge < -0.3 is 9.47 Å². The van der Waals surface area contributed by atoms with Gasteiger partial charge in [0.1, 0.15) is 0 Å². The molecule has 5 nitrogen and oxygen atoms in total. The number of ether oxygens (including phenoxy) is 2. The van der Waals surface area contributed by atoms with Gasteiger partial charge in [-0.2, -0.15) is 0 Å². The van der Waals surface area contributed by atoms with Crippen LogP contribution < -0.4 is 5.32 Å². The molecule has 0 amide bonds. The Morgan fingerprint density at radius 1 is 1.04 bits per heavy atom. The second kappa shape index (κ2) is 8.73. The molecule has 0 heterocycles. The summed E-state index contributed by atoms with van der Waals surface area (Å²) in [5, 5.41) is 3.17. The van der Waals surface area contributed by atoms with E-state index in [1.165, 1.54) is 7.11 Å². The van der Waals surface area contributed by atoms with Crippen LogP contribution in [-0.4, -0.2) is 37.7 Å². The lowest BCUT2D eigenvalue weighted by Gasteiger charge is -2.22. The van der Waals surface area contributed by atoms with Crippen LogP contribution in [0.25, 0.3) is 11.1 Å². The summed E-state index contributed by atoms with van der Waals surface area (Å²) in [5.74, 6) is 4.38. The lowest BCUT2D eigenvalue weighted by molar-refractivity contribution is -0.146. The van der Waals surface area contributed by atoms with Crippen molar-refractivity contribution in [2.45, 2.75) is 31.9 Å². The van der Waals surface area contributed by atoms with Gasteiger partial charge in [-0.25, -0.2) is 4.79 Å². The van der Waals surface area contributed by atoms with Gasteiger partial charge in [0, 0.05) is 11.8 Å². The molecule has 1 atom stereocenters. The molecule has 0 bridgehead atoms. The highest BCUT2D eigenvalue weighted by atomic mass is 16.5. The zero-order valence-corrected chi connectivity index (χ0v) is 16.2. The predicted molar refractivity (Wildman–Crippen MR) is 107 cm³/mol. The van der Waals surface area contributed by atoms with E-state index in [2.05, 4.69) is 46.2 Å². The first kappa shape index (κ1) is 19.7. The highest BCUT2D eigenvalue weighted by Gasteiger charge is 2.33. The number of rotatable bonds is 5. The van der Waals surface area contributed by atoms with E-state index in [-0.39, 0.29) is 24.5 Å². The van der Waals surface area contributed by atoms with Gasteiger partial charge in [-0.3, -0.25) is 10.1 Å². The number of nitrogens with one attached hydrogen (secondary N) is 1. The topological polar surface area (TPSA) is 64.6 Å². The zero-order chi connectivity index (χ0) is 20.1. The monoisotopic (exact) mass is 377 g/mol. The summed E-state index contributed by atoms with van der Waals surface area (Å²) in [5.41, 5.74) is 4.49. The molecule has 3 rings (SSSR count). The molecular weight excluding hydrogens is 354 g/mol. The van der Waals surface area contributed by atoms with Gasteiger partial charge in [-0.15, -0.1) is 0 Å². The van der Waals surface area contributed by atoms with Crippen LogP contribution in [0.15, 0.2) is 48.5 Å². The second-order valence-electron chi connectivity index (χ2n) is 6.81. The minimum absolute atomic E-state index is 0.000463. The van der Waals surface area contributed by atoms with E-state index in [9.17, 15) is 9.59 Å². The number of methoxy groups -OCH3 is 1. The second-order valence-corrected chi connectivity index (χ2v) is 6.81. The fourth-order valence-corrected chi connectivity index (χ4v) is 3.49. The fraction of sp³-hybridized carbons (Fsp3) is 0.304. The third-order valence-corrected chi connectivity index (χ3v) is 4.56. The number of fused-ring (bicyclic) bond motifs is 3. The first-order valence-electron chi connectivity index (χ1n) is 9.21. The number of esters is 2. The molecule has 2 aromatic rings. The predicted octanol–water partition coefficient (Wildman–Crippen LogP) is 2.89. The van der Waals surface area contributed by atoms with Gasteiger partial charge in [-0.1, -0.05) is 54.5 Å². The fourth-order valence-electron chi connectivity index (χ4n) is 3.49. The van der Waals surface area contributed by atoms with E-state index < -0.39 is 12.0 Å². The van der Waals surface area contributed by atoms with Crippen molar-refractivity contribution >= 4 is 11.9 Å². The Balaban J connectivity index is 1.96. The summed E-state index contributed by atoms with van der Waals surface area (Å²) in [6, 6.07) is 15.8. The normalized spacial score (nSPS) is 13.1. The van der Waals surface area contributed by atoms with Crippen LogP contribution in [0.5, 0.6) is 0 Å². The summed E-state index contributed by atoms with van der Waals surface area (Å²) >= 11 is 0. The van der Waals surface area contributed by atoms with Crippen molar-refractivity contribution in [2.75, 3.05) is 13.7 Å². The van der Waals surface area contributed by atoms with Crippen LogP contribution in [0.1, 0.15) is 30.9 Å². The summed E-state index contributed by atoms with van der Waals surface area (Å²) in [6.07, 6.45) is -0.193.